The summed E-state index contributed by atoms with van der Waals surface area (Å²) in [6.07, 6.45) is 1.87. The van der Waals surface area contributed by atoms with E-state index in [1.807, 2.05) is 54.3 Å². The predicted octanol–water partition coefficient (Wildman–Crippen LogP) is 4.18. The fourth-order valence-corrected chi connectivity index (χ4v) is 3.51. The van der Waals surface area contributed by atoms with Gasteiger partial charge in [-0.05, 0) is 55.2 Å². The summed E-state index contributed by atoms with van der Waals surface area (Å²) >= 11 is 0. The minimum absolute atomic E-state index is 0.0372. The molecule has 2 amide bonds. The maximum absolute atomic E-state index is 12.9. The highest BCUT2D eigenvalue weighted by Gasteiger charge is 2.26. The molecule has 0 saturated heterocycles. The number of hydrogen-bond acceptors (Lipinski definition) is 3. The van der Waals surface area contributed by atoms with Crippen molar-refractivity contribution < 1.29 is 14.3 Å². The van der Waals surface area contributed by atoms with Crippen molar-refractivity contribution in [3.8, 4) is 5.75 Å². The van der Waals surface area contributed by atoms with Crippen molar-refractivity contribution in [2.45, 2.75) is 40.2 Å². The Balaban J connectivity index is 1.84. The van der Waals surface area contributed by atoms with Crippen LogP contribution in [0, 0.1) is 6.92 Å². The second-order valence-corrected chi connectivity index (χ2v) is 7.23. The maximum Gasteiger partial charge on any atom is 0.265 e. The molecule has 148 valence electrons. The van der Waals surface area contributed by atoms with E-state index in [0.717, 1.165) is 48.5 Å². The number of amides is 2. The summed E-state index contributed by atoms with van der Waals surface area (Å²) in [5, 5.41) is 0. The summed E-state index contributed by atoms with van der Waals surface area (Å²) in [4.78, 5) is 29.0. The van der Waals surface area contributed by atoms with Gasteiger partial charge in [-0.2, -0.15) is 0 Å². The van der Waals surface area contributed by atoms with E-state index in [1.54, 1.807) is 4.90 Å². The lowest BCUT2D eigenvalue weighted by molar-refractivity contribution is -0.121. The van der Waals surface area contributed by atoms with Gasteiger partial charge in [0.15, 0.2) is 6.61 Å². The Labute approximate surface area is 166 Å². The van der Waals surface area contributed by atoms with Crippen LogP contribution in [0.1, 0.15) is 48.2 Å². The number of fused-ring (bicyclic) bond motifs is 1. The first-order valence-electron chi connectivity index (χ1n) is 9.95. The van der Waals surface area contributed by atoms with Crippen LogP contribution in [-0.2, 0) is 11.3 Å². The van der Waals surface area contributed by atoms with Crippen molar-refractivity contribution in [2.24, 2.45) is 0 Å². The molecule has 0 fully saturated rings. The lowest BCUT2D eigenvalue weighted by atomic mass is 10.1. The van der Waals surface area contributed by atoms with Gasteiger partial charge < -0.3 is 14.5 Å². The summed E-state index contributed by atoms with van der Waals surface area (Å²) in [5.74, 6) is 0.693. The van der Waals surface area contributed by atoms with E-state index in [0.29, 0.717) is 12.1 Å². The van der Waals surface area contributed by atoms with Gasteiger partial charge in [-0.25, -0.2) is 0 Å². The fourth-order valence-electron chi connectivity index (χ4n) is 3.51. The Morgan fingerprint density at radius 2 is 1.86 bits per heavy atom. The Morgan fingerprint density at radius 1 is 1.11 bits per heavy atom. The number of anilines is 1. The zero-order chi connectivity index (χ0) is 20.1. The van der Waals surface area contributed by atoms with Gasteiger partial charge in [0.2, 0.25) is 0 Å². The number of aryl methyl sites for hydroxylation is 1. The highest BCUT2D eigenvalue weighted by Crippen LogP contribution is 2.33. The van der Waals surface area contributed by atoms with Crippen LogP contribution in [0.5, 0.6) is 5.75 Å². The SMILES string of the molecule is CCCN(CCC)C(=O)c1cccc(CN2C(=O)COc3ccc(C)cc32)c1. The monoisotopic (exact) mass is 380 g/mol. The van der Waals surface area contributed by atoms with Crippen LogP contribution in [-0.4, -0.2) is 36.4 Å². The zero-order valence-corrected chi connectivity index (χ0v) is 16.9. The minimum atomic E-state index is -0.0755. The standard InChI is InChI=1S/C23H28N2O3/c1-4-11-24(12-5-2)23(27)19-8-6-7-18(14-19)15-25-20-13-17(3)9-10-21(20)28-16-22(25)26/h6-10,13-14H,4-5,11-12,15-16H2,1-3H3. The Morgan fingerprint density at radius 3 is 2.57 bits per heavy atom. The number of benzene rings is 2. The predicted molar refractivity (Wildman–Crippen MR) is 111 cm³/mol. The van der Waals surface area contributed by atoms with E-state index in [9.17, 15) is 9.59 Å². The van der Waals surface area contributed by atoms with Gasteiger partial charge in [0.05, 0.1) is 12.2 Å². The molecule has 0 spiro atoms. The molecule has 1 aliphatic rings. The summed E-state index contributed by atoms with van der Waals surface area (Å²) in [7, 11) is 0. The molecule has 0 atom stereocenters. The molecule has 1 aliphatic heterocycles. The summed E-state index contributed by atoms with van der Waals surface area (Å²) < 4.78 is 5.55. The molecule has 2 aromatic rings. The van der Waals surface area contributed by atoms with Gasteiger partial charge in [-0.15, -0.1) is 0 Å². The number of hydrogen-bond donors (Lipinski definition) is 0. The molecule has 0 unspecified atom stereocenters. The molecule has 2 aromatic carbocycles. The number of carbonyl (C=O) groups is 2. The van der Waals surface area contributed by atoms with E-state index < -0.39 is 0 Å². The topological polar surface area (TPSA) is 49.9 Å². The van der Waals surface area contributed by atoms with Gasteiger partial charge >= 0.3 is 0 Å². The molecule has 0 N–H and O–H groups in total. The average molecular weight is 380 g/mol. The summed E-state index contributed by atoms with van der Waals surface area (Å²) in [6.45, 7) is 8.12. The second-order valence-electron chi connectivity index (χ2n) is 7.23. The van der Waals surface area contributed by atoms with Crippen LogP contribution in [0.2, 0.25) is 0 Å². The average Bonchev–Trinajstić information content (AvgIpc) is 2.70. The van der Waals surface area contributed by atoms with Crippen molar-refractivity contribution in [1.82, 2.24) is 4.90 Å². The van der Waals surface area contributed by atoms with Crippen LogP contribution in [0.15, 0.2) is 42.5 Å². The first-order valence-corrected chi connectivity index (χ1v) is 9.95. The third kappa shape index (κ3) is 4.35. The van der Waals surface area contributed by atoms with E-state index in [-0.39, 0.29) is 18.4 Å². The van der Waals surface area contributed by atoms with Gasteiger partial charge in [-0.3, -0.25) is 9.59 Å². The number of carbonyl (C=O) groups excluding carboxylic acids is 2. The van der Waals surface area contributed by atoms with E-state index in [1.165, 1.54) is 0 Å². The second kappa shape index (κ2) is 8.91. The quantitative estimate of drug-likeness (QED) is 0.724. The molecule has 5 nitrogen and oxygen atoms in total. The smallest absolute Gasteiger partial charge is 0.265 e. The van der Waals surface area contributed by atoms with Crippen LogP contribution in [0.3, 0.4) is 0 Å². The third-order valence-electron chi connectivity index (χ3n) is 4.85. The van der Waals surface area contributed by atoms with Crippen LogP contribution < -0.4 is 9.64 Å². The van der Waals surface area contributed by atoms with Gasteiger partial charge in [0, 0.05) is 18.7 Å². The van der Waals surface area contributed by atoms with E-state index in [2.05, 4.69) is 13.8 Å². The number of ether oxygens (including phenoxy) is 1. The molecule has 0 bridgehead atoms. The molecule has 5 heteroatoms. The van der Waals surface area contributed by atoms with Crippen molar-refractivity contribution in [3.05, 3.63) is 59.2 Å². The summed E-state index contributed by atoms with van der Waals surface area (Å²) in [5.41, 5.74) is 3.46. The van der Waals surface area contributed by atoms with Gasteiger partial charge in [0.1, 0.15) is 5.75 Å². The molecule has 0 radical (unpaired) electrons. The largest absolute Gasteiger partial charge is 0.482 e. The lowest BCUT2D eigenvalue weighted by Gasteiger charge is -2.30. The number of rotatable bonds is 7. The highest BCUT2D eigenvalue weighted by atomic mass is 16.5. The lowest BCUT2D eigenvalue weighted by Crippen LogP contribution is -2.38. The van der Waals surface area contributed by atoms with Crippen molar-refractivity contribution in [1.29, 1.82) is 0 Å². The molecule has 28 heavy (non-hydrogen) atoms. The van der Waals surface area contributed by atoms with E-state index in [4.69, 9.17) is 4.74 Å². The van der Waals surface area contributed by atoms with E-state index >= 15 is 0 Å². The van der Waals surface area contributed by atoms with Crippen molar-refractivity contribution in [3.63, 3.8) is 0 Å². The van der Waals surface area contributed by atoms with Gasteiger partial charge in [0.25, 0.3) is 11.8 Å². The molecule has 0 aliphatic carbocycles. The van der Waals surface area contributed by atoms with Gasteiger partial charge in [-0.1, -0.05) is 32.0 Å². The Kier molecular flexibility index (Phi) is 6.34. The fraction of sp³-hybridized carbons (Fsp3) is 0.391. The zero-order valence-electron chi connectivity index (χ0n) is 16.9. The Bertz CT molecular complexity index is 857. The van der Waals surface area contributed by atoms with Crippen LogP contribution in [0.4, 0.5) is 5.69 Å². The molecular weight excluding hydrogens is 352 g/mol. The molecule has 0 aromatic heterocycles. The normalized spacial score (nSPS) is 13.1. The first-order chi connectivity index (χ1) is 13.5. The molecular formula is C23H28N2O3. The number of nitrogens with zero attached hydrogens (tertiary/aromatic N) is 2. The molecule has 0 saturated carbocycles. The van der Waals surface area contributed by atoms with Crippen LogP contribution >= 0.6 is 0 Å². The van der Waals surface area contributed by atoms with Crippen molar-refractivity contribution >= 4 is 17.5 Å². The molecule has 1 heterocycles. The third-order valence-corrected chi connectivity index (χ3v) is 4.85. The Hall–Kier alpha value is -2.82. The van der Waals surface area contributed by atoms with Crippen LogP contribution in [0.25, 0.3) is 0 Å². The maximum atomic E-state index is 12.9. The molecule has 3 rings (SSSR count). The minimum Gasteiger partial charge on any atom is -0.482 e. The first kappa shape index (κ1) is 19.9. The van der Waals surface area contributed by atoms with Crippen molar-refractivity contribution in [2.75, 3.05) is 24.6 Å². The highest BCUT2D eigenvalue weighted by molar-refractivity contribution is 5.98. The summed E-state index contributed by atoms with van der Waals surface area (Å²) in [6, 6.07) is 13.4.